The zero-order valence-corrected chi connectivity index (χ0v) is 5.85. The molecule has 10 heavy (non-hydrogen) atoms. The van der Waals surface area contributed by atoms with Gasteiger partial charge in [0.1, 0.15) is 0 Å². The van der Waals surface area contributed by atoms with Crippen molar-refractivity contribution in [3.63, 3.8) is 0 Å². The average molecular weight is 161 g/mol. The third-order valence-corrected chi connectivity index (χ3v) is 1.33. The number of hydrogen-bond donors (Lipinski definition) is 1. The van der Waals surface area contributed by atoms with E-state index in [9.17, 15) is 4.48 Å². The van der Waals surface area contributed by atoms with E-state index in [1.807, 2.05) is 0 Å². The molecule has 1 rings (SSSR count). The fraction of sp³-hybridized carbons (Fsp3) is 0. The molecule has 1 aromatic rings. The lowest BCUT2D eigenvalue weighted by Crippen LogP contribution is -2.19. The summed E-state index contributed by atoms with van der Waals surface area (Å²) in [5.74, 6) is 4.79. The van der Waals surface area contributed by atoms with E-state index in [1.54, 1.807) is 12.1 Å². The highest BCUT2D eigenvalue weighted by Crippen LogP contribution is 2.15. The number of hydrogen-bond acceptors (Lipinski definition) is 2. The molecule has 0 aliphatic carbocycles. The van der Waals surface area contributed by atoms with E-state index >= 15 is 0 Å². The van der Waals surface area contributed by atoms with Gasteiger partial charge in [-0.05, 0) is 24.3 Å². The van der Waals surface area contributed by atoms with E-state index in [4.69, 9.17) is 17.4 Å². The summed E-state index contributed by atoms with van der Waals surface area (Å²) in [5, 5.41) is 0.599. The van der Waals surface area contributed by atoms with Crippen molar-refractivity contribution in [3.8, 4) is 0 Å². The summed E-state index contributed by atoms with van der Waals surface area (Å²) in [4.78, 5) is 0. The third-order valence-electron chi connectivity index (χ3n) is 1.07. The lowest BCUT2D eigenvalue weighted by Gasteiger charge is -2.04. The van der Waals surface area contributed by atoms with Crippen molar-refractivity contribution in [2.24, 2.45) is 5.84 Å². The number of hydrazine groups is 1. The van der Waals surface area contributed by atoms with Gasteiger partial charge in [0.15, 0.2) is 0 Å². The number of nitrogens with two attached hydrogens (primary N) is 1. The van der Waals surface area contributed by atoms with Crippen LogP contribution in [-0.2, 0) is 0 Å². The Hall–Kier alpha value is -0.800. The van der Waals surface area contributed by atoms with Gasteiger partial charge < -0.3 is 0 Å². The summed E-state index contributed by atoms with van der Waals surface area (Å²) in [7, 11) is 0. The largest absolute Gasteiger partial charge is 0.218 e. The monoisotopic (exact) mass is 160 g/mol. The molecule has 0 radical (unpaired) electrons. The molecule has 4 heteroatoms. The molecular formula is C6H6ClFN2. The predicted molar refractivity (Wildman–Crippen MR) is 39.2 cm³/mol. The quantitative estimate of drug-likeness (QED) is 0.386. The van der Waals surface area contributed by atoms with Crippen LogP contribution < -0.4 is 11.1 Å². The highest BCUT2D eigenvalue weighted by atomic mass is 35.5. The molecule has 0 bridgehead atoms. The van der Waals surface area contributed by atoms with E-state index in [2.05, 4.69) is 0 Å². The van der Waals surface area contributed by atoms with Gasteiger partial charge in [-0.3, -0.25) is 0 Å². The maximum absolute atomic E-state index is 12.1. The van der Waals surface area contributed by atoms with Crippen LogP contribution in [0.4, 0.5) is 10.2 Å². The molecule has 0 aliphatic heterocycles. The first kappa shape index (κ1) is 7.31. The van der Waals surface area contributed by atoms with Crippen molar-refractivity contribution < 1.29 is 4.48 Å². The van der Waals surface area contributed by atoms with Crippen LogP contribution in [0.15, 0.2) is 24.3 Å². The second kappa shape index (κ2) is 2.86. The normalized spacial score (nSPS) is 9.50. The van der Waals surface area contributed by atoms with Crippen LogP contribution in [0, 0.1) is 0 Å². The van der Waals surface area contributed by atoms with Crippen LogP contribution in [0.2, 0.25) is 5.02 Å². The van der Waals surface area contributed by atoms with Crippen molar-refractivity contribution >= 4 is 17.3 Å². The number of anilines is 1. The maximum atomic E-state index is 12.1. The fourth-order valence-electron chi connectivity index (χ4n) is 0.584. The topological polar surface area (TPSA) is 29.3 Å². The molecule has 0 aliphatic rings. The Bertz CT molecular complexity index is 209. The summed E-state index contributed by atoms with van der Waals surface area (Å²) in [6.07, 6.45) is 0. The number of nitrogens with zero attached hydrogens (tertiary/aromatic N) is 1. The first-order valence-corrected chi connectivity index (χ1v) is 3.04. The highest BCUT2D eigenvalue weighted by molar-refractivity contribution is 6.30. The molecule has 0 heterocycles. The van der Waals surface area contributed by atoms with Gasteiger partial charge in [0.25, 0.3) is 0 Å². The Balaban J connectivity index is 2.89. The van der Waals surface area contributed by atoms with Gasteiger partial charge in [-0.1, -0.05) is 16.1 Å². The van der Waals surface area contributed by atoms with Crippen LogP contribution in [0.3, 0.4) is 0 Å². The van der Waals surface area contributed by atoms with Crippen molar-refractivity contribution in [1.29, 1.82) is 0 Å². The second-order valence-corrected chi connectivity index (χ2v) is 2.22. The summed E-state index contributed by atoms with van der Waals surface area (Å²) >= 11 is 5.53. The Morgan fingerprint density at radius 1 is 1.30 bits per heavy atom. The fourth-order valence-corrected chi connectivity index (χ4v) is 0.709. The van der Waals surface area contributed by atoms with Gasteiger partial charge in [-0.25, -0.2) is 5.84 Å². The van der Waals surface area contributed by atoms with Gasteiger partial charge in [-0.15, -0.1) is 5.23 Å². The second-order valence-electron chi connectivity index (χ2n) is 1.79. The molecule has 0 amide bonds. The van der Waals surface area contributed by atoms with Crippen LogP contribution in [0.25, 0.3) is 0 Å². The van der Waals surface area contributed by atoms with Crippen molar-refractivity contribution in [1.82, 2.24) is 0 Å². The summed E-state index contributed by atoms with van der Waals surface area (Å²) in [5.41, 5.74) is 0.282. The molecule has 0 saturated heterocycles. The zero-order valence-electron chi connectivity index (χ0n) is 5.09. The zero-order chi connectivity index (χ0) is 7.56. The van der Waals surface area contributed by atoms with Gasteiger partial charge in [0, 0.05) is 5.02 Å². The molecule has 1 aromatic carbocycles. The van der Waals surface area contributed by atoms with Crippen molar-refractivity contribution in [2.75, 3.05) is 5.23 Å². The van der Waals surface area contributed by atoms with Crippen LogP contribution in [0.5, 0.6) is 0 Å². The minimum absolute atomic E-state index is 0.0380. The molecule has 0 atom stereocenters. The molecule has 0 saturated carbocycles. The molecule has 0 unspecified atom stereocenters. The first-order valence-electron chi connectivity index (χ1n) is 2.66. The molecule has 0 fully saturated rings. The summed E-state index contributed by atoms with van der Waals surface area (Å²) in [6, 6.07) is 6.11. The lowest BCUT2D eigenvalue weighted by molar-refractivity contribution is 0.444. The van der Waals surface area contributed by atoms with Gasteiger partial charge in [0.2, 0.25) is 0 Å². The van der Waals surface area contributed by atoms with Crippen LogP contribution in [0.1, 0.15) is 0 Å². The number of halogens is 2. The Morgan fingerprint density at radius 2 is 1.80 bits per heavy atom. The molecule has 2 N–H and O–H groups in total. The van der Waals surface area contributed by atoms with Gasteiger partial charge in [0.05, 0.1) is 5.69 Å². The molecule has 54 valence electrons. The molecule has 2 nitrogen and oxygen atoms in total. The summed E-state index contributed by atoms with van der Waals surface area (Å²) < 4.78 is 12.1. The van der Waals surface area contributed by atoms with E-state index in [1.165, 1.54) is 12.1 Å². The molecule has 0 spiro atoms. The Kier molecular flexibility index (Phi) is 2.09. The maximum Gasteiger partial charge on any atom is 0.0873 e. The van der Waals surface area contributed by atoms with Gasteiger partial charge >= 0.3 is 0 Å². The lowest BCUT2D eigenvalue weighted by atomic mass is 10.3. The van der Waals surface area contributed by atoms with E-state index < -0.39 is 0 Å². The minimum atomic E-state index is 0.0380. The summed E-state index contributed by atoms with van der Waals surface area (Å²) in [6.45, 7) is 0. The highest BCUT2D eigenvalue weighted by Gasteiger charge is 1.96. The SMILES string of the molecule is NN(F)c1ccc(Cl)cc1. The van der Waals surface area contributed by atoms with E-state index in [0.717, 1.165) is 0 Å². The molecule has 0 aromatic heterocycles. The van der Waals surface area contributed by atoms with Gasteiger partial charge in [-0.2, -0.15) is 0 Å². The van der Waals surface area contributed by atoms with Crippen LogP contribution >= 0.6 is 11.6 Å². The third kappa shape index (κ3) is 1.59. The first-order chi connectivity index (χ1) is 4.70. The minimum Gasteiger partial charge on any atom is -0.218 e. The number of rotatable bonds is 1. The van der Waals surface area contributed by atoms with Crippen molar-refractivity contribution in [3.05, 3.63) is 29.3 Å². The predicted octanol–water partition coefficient (Wildman–Crippen LogP) is 1.90. The Morgan fingerprint density at radius 3 is 2.20 bits per heavy atom. The molecular weight excluding hydrogens is 155 g/mol. The number of benzene rings is 1. The van der Waals surface area contributed by atoms with E-state index in [-0.39, 0.29) is 10.9 Å². The average Bonchev–Trinajstić information content (AvgIpc) is 1.88. The van der Waals surface area contributed by atoms with Crippen LogP contribution in [-0.4, -0.2) is 0 Å². The van der Waals surface area contributed by atoms with E-state index in [0.29, 0.717) is 5.02 Å². The van der Waals surface area contributed by atoms with Crippen molar-refractivity contribution in [2.45, 2.75) is 0 Å². The standard InChI is InChI=1S/C6H6ClFN2/c7-5-1-3-6(4-2-5)10(8)9/h1-4H,9H2. The smallest absolute Gasteiger partial charge is 0.0873 e. The Labute approximate surface area is 62.9 Å².